The van der Waals surface area contributed by atoms with Gasteiger partial charge in [-0.2, -0.15) is 8.42 Å². The average molecular weight is 846 g/mol. The van der Waals surface area contributed by atoms with Crippen LogP contribution in [0.3, 0.4) is 0 Å². The smallest absolute Gasteiger partial charge is 0.394 e. The number of ether oxygens (including phenoxy) is 2. The lowest BCUT2D eigenvalue weighted by atomic mass is 9.99. The van der Waals surface area contributed by atoms with Crippen LogP contribution in [0.2, 0.25) is 0 Å². The predicted molar refractivity (Wildman–Crippen MR) is 228 cm³/mol. The Bertz CT molecular complexity index is 1240. The number of aliphatic hydroxyl groups excluding tert-OH is 5. The van der Waals surface area contributed by atoms with E-state index in [0.29, 0.717) is 12.8 Å². The fourth-order valence-corrected chi connectivity index (χ4v) is 7.15. The van der Waals surface area contributed by atoms with Crippen LogP contribution < -0.4 is 5.32 Å². The number of rotatable bonds is 36. The number of carbonyl (C=O) groups excluding carboxylic acids is 1. The summed E-state index contributed by atoms with van der Waals surface area (Å²) in [4.78, 5) is 13.1. The zero-order valence-corrected chi connectivity index (χ0v) is 36.3. The zero-order valence-electron chi connectivity index (χ0n) is 35.5. The molecule has 0 radical (unpaired) electrons. The molecular weight excluding hydrogens is 767 g/mol. The first-order valence-corrected chi connectivity index (χ1v) is 23.5. The number of nitrogens with one attached hydrogen (secondary N) is 1. The molecule has 1 aliphatic heterocycles. The van der Waals surface area contributed by atoms with Crippen LogP contribution in [-0.2, 0) is 28.9 Å². The molecule has 0 saturated carbocycles. The SMILES string of the molecule is CCCCC/C=C\C=C/CCCCCCCCCCCC(O)C(=O)NC(COC1OC(CO)C(O)C(OS(=O)(=O)O)C1O)C(O)/C=C/CC/C=C/CCCCCCC. The predicted octanol–water partition coefficient (Wildman–Crippen LogP) is 7.07. The van der Waals surface area contributed by atoms with Gasteiger partial charge < -0.3 is 40.3 Å². The van der Waals surface area contributed by atoms with Crippen LogP contribution in [0.15, 0.2) is 48.6 Å². The Labute approximate surface area is 350 Å². The van der Waals surface area contributed by atoms with E-state index in [4.69, 9.17) is 14.0 Å². The van der Waals surface area contributed by atoms with Crippen LogP contribution in [0.4, 0.5) is 0 Å². The Morgan fingerprint density at radius 3 is 1.79 bits per heavy atom. The maximum Gasteiger partial charge on any atom is 0.397 e. The van der Waals surface area contributed by atoms with Gasteiger partial charge in [0.1, 0.15) is 30.5 Å². The highest BCUT2D eigenvalue weighted by Crippen LogP contribution is 2.26. The Hall–Kier alpha value is -1.98. The Balaban J connectivity index is 2.59. The number of hydrogen-bond donors (Lipinski definition) is 7. The number of amides is 1. The van der Waals surface area contributed by atoms with Gasteiger partial charge in [0.15, 0.2) is 6.29 Å². The van der Waals surface area contributed by atoms with Crippen LogP contribution in [0.5, 0.6) is 0 Å². The van der Waals surface area contributed by atoms with Crippen molar-refractivity contribution in [1.82, 2.24) is 5.32 Å². The van der Waals surface area contributed by atoms with E-state index in [0.717, 1.165) is 57.8 Å². The van der Waals surface area contributed by atoms with Gasteiger partial charge in [0.05, 0.1) is 25.4 Å². The first-order valence-electron chi connectivity index (χ1n) is 22.1. The molecule has 1 fully saturated rings. The average Bonchev–Trinajstić information content (AvgIpc) is 3.19. The van der Waals surface area contributed by atoms with E-state index in [1.807, 2.05) is 0 Å². The molecule has 1 saturated heterocycles. The van der Waals surface area contributed by atoms with E-state index in [2.05, 4.69) is 59.8 Å². The number of allylic oxidation sites excluding steroid dienone is 7. The standard InChI is InChI=1S/C44H79NO12S/c1-3-5-7-9-11-13-15-16-17-18-19-20-21-23-25-27-29-31-33-38(48)43(51)45-36(37(47)32-30-28-26-24-22-14-12-10-8-6-4-2)35-55-44-41(50)42(57-58(52,53)54)40(49)39(34-46)56-44/h11,13,15-16,22,24,30,32,36-42,44,46-50H,3-10,12,14,17-21,23,25-29,31,33-35H2,1-2H3,(H,45,51)(H,52,53,54)/b13-11-,16-15-,24-22+,32-30+. The molecule has 13 nitrogen and oxygen atoms in total. The largest absolute Gasteiger partial charge is 0.397 e. The highest BCUT2D eigenvalue weighted by molar-refractivity contribution is 7.80. The van der Waals surface area contributed by atoms with Gasteiger partial charge >= 0.3 is 10.4 Å². The van der Waals surface area contributed by atoms with Gasteiger partial charge in [0, 0.05) is 0 Å². The third kappa shape index (κ3) is 27.0. The molecule has 8 unspecified atom stereocenters. The molecular formula is C44H79NO12S. The third-order valence-corrected chi connectivity index (χ3v) is 10.7. The molecule has 1 aliphatic rings. The molecule has 8 atom stereocenters. The van der Waals surface area contributed by atoms with E-state index >= 15 is 0 Å². The zero-order chi connectivity index (χ0) is 42.9. The monoisotopic (exact) mass is 846 g/mol. The van der Waals surface area contributed by atoms with Crippen LogP contribution >= 0.6 is 0 Å². The van der Waals surface area contributed by atoms with Gasteiger partial charge in [-0.3, -0.25) is 9.35 Å². The molecule has 0 spiro atoms. The summed E-state index contributed by atoms with van der Waals surface area (Å²) in [7, 11) is -5.12. The van der Waals surface area contributed by atoms with Crippen LogP contribution in [-0.4, -0.2) is 107 Å². The Morgan fingerprint density at radius 1 is 0.707 bits per heavy atom. The van der Waals surface area contributed by atoms with Gasteiger partial charge in [0.2, 0.25) is 5.91 Å². The van der Waals surface area contributed by atoms with Gasteiger partial charge in [-0.05, 0) is 57.8 Å². The van der Waals surface area contributed by atoms with Crippen molar-refractivity contribution < 1.29 is 57.0 Å². The summed E-state index contributed by atoms with van der Waals surface area (Å²) >= 11 is 0. The molecule has 338 valence electrons. The fraction of sp³-hybridized carbons (Fsp3) is 0.795. The molecule has 1 rings (SSSR count). The van der Waals surface area contributed by atoms with Gasteiger partial charge in [0.25, 0.3) is 0 Å². The van der Waals surface area contributed by atoms with Crippen LogP contribution in [0.25, 0.3) is 0 Å². The van der Waals surface area contributed by atoms with Crippen molar-refractivity contribution in [3.63, 3.8) is 0 Å². The van der Waals surface area contributed by atoms with Crippen molar-refractivity contribution >= 4 is 16.3 Å². The van der Waals surface area contributed by atoms with E-state index in [-0.39, 0.29) is 6.42 Å². The van der Waals surface area contributed by atoms with Gasteiger partial charge in [-0.25, -0.2) is 4.18 Å². The third-order valence-electron chi connectivity index (χ3n) is 10.2. The molecule has 0 bridgehead atoms. The number of hydrogen-bond acceptors (Lipinski definition) is 11. The van der Waals surface area contributed by atoms with Crippen molar-refractivity contribution in [3.05, 3.63) is 48.6 Å². The summed E-state index contributed by atoms with van der Waals surface area (Å²) in [5, 5.41) is 55.0. The van der Waals surface area contributed by atoms with E-state index < -0.39 is 78.5 Å². The van der Waals surface area contributed by atoms with Crippen molar-refractivity contribution in [3.8, 4) is 0 Å². The van der Waals surface area contributed by atoms with Crippen molar-refractivity contribution in [1.29, 1.82) is 0 Å². The molecule has 0 aliphatic carbocycles. The molecule has 1 amide bonds. The Kier molecular flexibility index (Phi) is 32.3. The van der Waals surface area contributed by atoms with E-state index in [9.17, 15) is 38.7 Å². The lowest BCUT2D eigenvalue weighted by Crippen LogP contribution is -2.61. The topological polar surface area (TPSA) is 212 Å². The number of unbranched alkanes of at least 4 members (excludes halogenated alkanes) is 18. The summed E-state index contributed by atoms with van der Waals surface area (Å²) in [6, 6.07) is -1.14. The lowest BCUT2D eigenvalue weighted by Gasteiger charge is -2.41. The lowest BCUT2D eigenvalue weighted by molar-refractivity contribution is -0.298. The maximum atomic E-state index is 13.1. The minimum Gasteiger partial charge on any atom is -0.394 e. The van der Waals surface area contributed by atoms with Crippen molar-refractivity contribution in [2.75, 3.05) is 13.2 Å². The number of carbonyl (C=O) groups is 1. The summed E-state index contributed by atoms with van der Waals surface area (Å²) in [5.41, 5.74) is 0. The minimum absolute atomic E-state index is 0.229. The second-order valence-corrected chi connectivity index (χ2v) is 16.5. The highest BCUT2D eigenvalue weighted by Gasteiger charge is 2.48. The molecule has 0 aromatic heterocycles. The van der Waals surface area contributed by atoms with Crippen LogP contribution in [0.1, 0.15) is 162 Å². The first kappa shape index (κ1) is 54.0. The molecule has 1 heterocycles. The minimum atomic E-state index is -5.12. The molecule has 58 heavy (non-hydrogen) atoms. The molecule has 0 aromatic carbocycles. The summed E-state index contributed by atoms with van der Waals surface area (Å²) < 4.78 is 47.4. The van der Waals surface area contributed by atoms with Crippen LogP contribution in [0, 0.1) is 0 Å². The van der Waals surface area contributed by atoms with Crippen molar-refractivity contribution in [2.24, 2.45) is 0 Å². The summed E-state index contributed by atoms with van der Waals surface area (Å²) in [6.07, 6.45) is 29.2. The highest BCUT2D eigenvalue weighted by atomic mass is 32.3. The molecule has 14 heteroatoms. The summed E-state index contributed by atoms with van der Waals surface area (Å²) in [6.45, 7) is 3.12. The molecule has 0 aromatic rings. The van der Waals surface area contributed by atoms with Crippen molar-refractivity contribution in [2.45, 2.75) is 210 Å². The first-order chi connectivity index (χ1) is 27.9. The van der Waals surface area contributed by atoms with E-state index in [1.165, 1.54) is 76.7 Å². The second-order valence-electron chi connectivity index (χ2n) is 15.4. The van der Waals surface area contributed by atoms with Gasteiger partial charge in [-0.1, -0.05) is 152 Å². The maximum absolute atomic E-state index is 13.1. The summed E-state index contributed by atoms with van der Waals surface area (Å²) in [5.74, 6) is -0.720. The van der Waals surface area contributed by atoms with Gasteiger partial charge in [-0.15, -0.1) is 0 Å². The quantitative estimate of drug-likeness (QED) is 0.0146. The fourth-order valence-electron chi connectivity index (χ4n) is 6.64. The normalized spacial score (nSPS) is 22.1. The second kappa shape index (κ2) is 34.7. The molecule has 7 N–H and O–H groups in total. The number of aliphatic hydroxyl groups is 5. The Morgan fingerprint density at radius 2 is 1.21 bits per heavy atom. The van der Waals surface area contributed by atoms with E-state index in [1.54, 1.807) is 6.08 Å².